The number of ether oxygens (including phenoxy) is 2. The first-order chi connectivity index (χ1) is 10.5. The highest BCUT2D eigenvalue weighted by Crippen LogP contribution is 2.44. The normalized spacial score (nSPS) is 40.4. The number of benzene rings is 1. The van der Waals surface area contributed by atoms with Crippen molar-refractivity contribution >= 4 is 0 Å². The molecule has 3 aliphatic rings. The minimum absolute atomic E-state index is 0.135. The van der Waals surface area contributed by atoms with E-state index in [-0.39, 0.29) is 24.2 Å². The molecule has 2 aliphatic heterocycles. The van der Waals surface area contributed by atoms with Crippen LogP contribution in [-0.4, -0.2) is 46.9 Å². The third-order valence-electron chi connectivity index (χ3n) is 4.87. The Bertz CT molecular complexity index is 535. The zero-order valence-electron chi connectivity index (χ0n) is 13.0. The number of rotatable bonds is 2. The molecule has 0 bridgehead atoms. The smallest absolute Gasteiger partial charge is 0.163 e. The number of aliphatic hydroxyl groups excluding tert-OH is 1. The fourth-order valence-electron chi connectivity index (χ4n) is 3.99. The van der Waals surface area contributed by atoms with Crippen molar-refractivity contribution < 1.29 is 19.4 Å². The lowest BCUT2D eigenvalue weighted by molar-refractivity contribution is -0.181. The monoisotopic (exact) mass is 305 g/mol. The van der Waals surface area contributed by atoms with Crippen LogP contribution in [0.3, 0.4) is 0 Å². The Morgan fingerprint density at radius 3 is 2.68 bits per heavy atom. The van der Waals surface area contributed by atoms with E-state index in [1.54, 1.807) is 0 Å². The second-order valence-electron chi connectivity index (χ2n) is 6.98. The summed E-state index contributed by atoms with van der Waals surface area (Å²) in [6, 6.07) is 10.4. The van der Waals surface area contributed by atoms with Gasteiger partial charge >= 0.3 is 0 Å². The molecule has 1 aromatic rings. The maximum Gasteiger partial charge on any atom is 0.163 e. The van der Waals surface area contributed by atoms with Gasteiger partial charge in [-0.05, 0) is 25.8 Å². The van der Waals surface area contributed by atoms with Crippen LogP contribution in [0.1, 0.15) is 25.8 Å². The molecule has 120 valence electrons. The van der Waals surface area contributed by atoms with Crippen molar-refractivity contribution in [2.24, 2.45) is 5.92 Å². The maximum absolute atomic E-state index is 10.4. The molecule has 1 aromatic carbocycles. The Labute approximate surface area is 130 Å². The molecule has 22 heavy (non-hydrogen) atoms. The average Bonchev–Trinajstić information content (AvgIpc) is 3.00. The Kier molecular flexibility index (Phi) is 3.51. The molecule has 5 atom stereocenters. The molecule has 4 rings (SSSR count). The molecule has 0 radical (unpaired) electrons. The average molecular weight is 305 g/mol. The number of hydroxylamine groups is 2. The zero-order chi connectivity index (χ0) is 15.3. The summed E-state index contributed by atoms with van der Waals surface area (Å²) < 4.78 is 12.0. The van der Waals surface area contributed by atoms with Crippen LogP contribution in [0.2, 0.25) is 0 Å². The molecule has 0 unspecified atom stereocenters. The summed E-state index contributed by atoms with van der Waals surface area (Å²) in [6.45, 7) is 5.18. The molecule has 1 aliphatic carbocycles. The van der Waals surface area contributed by atoms with Gasteiger partial charge in [0.05, 0.1) is 18.8 Å². The molecular weight excluding hydrogens is 282 g/mol. The summed E-state index contributed by atoms with van der Waals surface area (Å²) in [5.41, 5.74) is 1.21. The standard InChI is InChI=1S/C17H23NO4/c1-17(2)21-15-13(19)8-12-10-20-18(14(12)16(15)22-17)9-11-6-4-3-5-7-11/h3-7,12-16,19H,8-10H2,1-2H3/t12-,13-,14+,15-,16+/m0/s1. The second-order valence-corrected chi connectivity index (χ2v) is 6.98. The zero-order valence-corrected chi connectivity index (χ0v) is 13.0. The van der Waals surface area contributed by atoms with Crippen LogP contribution < -0.4 is 0 Å². The van der Waals surface area contributed by atoms with Crippen LogP contribution >= 0.6 is 0 Å². The largest absolute Gasteiger partial charge is 0.390 e. The molecule has 1 N–H and O–H groups in total. The Balaban J connectivity index is 1.57. The first kappa shape index (κ1) is 14.6. The van der Waals surface area contributed by atoms with E-state index >= 15 is 0 Å². The van der Waals surface area contributed by atoms with Crippen molar-refractivity contribution in [3.05, 3.63) is 35.9 Å². The topological polar surface area (TPSA) is 51.2 Å². The van der Waals surface area contributed by atoms with Gasteiger partial charge < -0.3 is 14.6 Å². The summed E-state index contributed by atoms with van der Waals surface area (Å²) in [5.74, 6) is -0.357. The van der Waals surface area contributed by atoms with Crippen molar-refractivity contribution in [1.29, 1.82) is 0 Å². The predicted octanol–water partition coefficient (Wildman–Crippen LogP) is 1.70. The van der Waals surface area contributed by atoms with Gasteiger partial charge in [0.15, 0.2) is 5.79 Å². The van der Waals surface area contributed by atoms with Crippen molar-refractivity contribution in [2.75, 3.05) is 6.61 Å². The van der Waals surface area contributed by atoms with Crippen LogP contribution in [0, 0.1) is 5.92 Å². The van der Waals surface area contributed by atoms with Gasteiger partial charge in [-0.25, -0.2) is 0 Å². The van der Waals surface area contributed by atoms with E-state index in [2.05, 4.69) is 12.1 Å². The first-order valence-corrected chi connectivity index (χ1v) is 8.01. The first-order valence-electron chi connectivity index (χ1n) is 8.01. The van der Waals surface area contributed by atoms with Gasteiger partial charge in [-0.1, -0.05) is 30.3 Å². The van der Waals surface area contributed by atoms with E-state index in [4.69, 9.17) is 14.3 Å². The molecule has 5 nitrogen and oxygen atoms in total. The van der Waals surface area contributed by atoms with Crippen LogP contribution in [0.4, 0.5) is 0 Å². The van der Waals surface area contributed by atoms with E-state index in [0.717, 1.165) is 6.54 Å². The summed E-state index contributed by atoms with van der Waals surface area (Å²) in [4.78, 5) is 5.92. The fourth-order valence-corrected chi connectivity index (χ4v) is 3.99. The minimum atomic E-state index is -0.647. The van der Waals surface area contributed by atoms with Gasteiger partial charge in [0.25, 0.3) is 0 Å². The number of nitrogens with zero attached hydrogens (tertiary/aromatic N) is 1. The van der Waals surface area contributed by atoms with E-state index < -0.39 is 11.9 Å². The molecule has 0 aromatic heterocycles. The minimum Gasteiger partial charge on any atom is -0.390 e. The molecule has 0 spiro atoms. The molecule has 5 heteroatoms. The molecule has 1 saturated carbocycles. The van der Waals surface area contributed by atoms with Gasteiger partial charge in [-0.3, -0.25) is 4.84 Å². The lowest BCUT2D eigenvalue weighted by Crippen LogP contribution is -2.55. The molecule has 2 saturated heterocycles. The third-order valence-corrected chi connectivity index (χ3v) is 4.87. The predicted molar refractivity (Wildman–Crippen MR) is 79.7 cm³/mol. The van der Waals surface area contributed by atoms with E-state index in [0.29, 0.717) is 13.0 Å². The van der Waals surface area contributed by atoms with Crippen LogP contribution in [0.5, 0.6) is 0 Å². The summed E-state index contributed by atoms with van der Waals surface area (Å²) in [5, 5.41) is 12.4. The van der Waals surface area contributed by atoms with Gasteiger partial charge in [0, 0.05) is 12.5 Å². The van der Waals surface area contributed by atoms with Crippen LogP contribution in [0.15, 0.2) is 30.3 Å². The second kappa shape index (κ2) is 5.28. The van der Waals surface area contributed by atoms with Gasteiger partial charge in [0.2, 0.25) is 0 Å². The Morgan fingerprint density at radius 2 is 1.91 bits per heavy atom. The maximum atomic E-state index is 10.4. The van der Waals surface area contributed by atoms with Crippen molar-refractivity contribution in [3.63, 3.8) is 0 Å². The fraction of sp³-hybridized carbons (Fsp3) is 0.647. The van der Waals surface area contributed by atoms with E-state index in [1.807, 2.05) is 37.1 Å². The summed E-state index contributed by atoms with van der Waals surface area (Å²) >= 11 is 0. The van der Waals surface area contributed by atoms with E-state index in [1.165, 1.54) is 5.56 Å². The SMILES string of the molecule is CC1(C)O[C@@H]2[C@H](O1)[C@H]1[C@H](CON1Cc1ccccc1)C[C@@H]2O. The lowest BCUT2D eigenvalue weighted by atomic mass is 9.80. The number of fused-ring (bicyclic) bond motifs is 3. The van der Waals surface area contributed by atoms with Crippen molar-refractivity contribution in [3.8, 4) is 0 Å². The van der Waals surface area contributed by atoms with Gasteiger partial charge in [-0.15, -0.1) is 0 Å². The Morgan fingerprint density at radius 1 is 1.18 bits per heavy atom. The van der Waals surface area contributed by atoms with Gasteiger partial charge in [0.1, 0.15) is 12.2 Å². The summed E-state index contributed by atoms with van der Waals surface area (Å²) in [7, 11) is 0. The van der Waals surface area contributed by atoms with E-state index in [9.17, 15) is 5.11 Å². The quantitative estimate of drug-likeness (QED) is 0.901. The number of hydrogen-bond donors (Lipinski definition) is 1. The molecule has 2 heterocycles. The summed E-state index contributed by atoms with van der Waals surface area (Å²) in [6.07, 6.45) is -0.184. The van der Waals surface area contributed by atoms with Crippen LogP contribution in [-0.2, 0) is 20.9 Å². The highest BCUT2D eigenvalue weighted by molar-refractivity contribution is 5.15. The molecular formula is C17H23NO4. The van der Waals surface area contributed by atoms with Gasteiger partial charge in [-0.2, -0.15) is 5.06 Å². The molecule has 0 amide bonds. The lowest BCUT2D eigenvalue weighted by Gasteiger charge is -2.38. The molecule has 3 fully saturated rings. The van der Waals surface area contributed by atoms with Crippen molar-refractivity contribution in [1.82, 2.24) is 5.06 Å². The highest BCUT2D eigenvalue weighted by atomic mass is 16.8. The Hall–Kier alpha value is -0.980. The number of hydrogen-bond acceptors (Lipinski definition) is 5. The van der Waals surface area contributed by atoms with Crippen LogP contribution in [0.25, 0.3) is 0 Å². The third kappa shape index (κ3) is 2.47. The highest BCUT2D eigenvalue weighted by Gasteiger charge is 2.57. The van der Waals surface area contributed by atoms with Crippen molar-refractivity contribution in [2.45, 2.75) is 57.0 Å². The number of aliphatic hydroxyl groups is 1.